The number of anilines is 2. The molecule has 1 aliphatic rings. The third-order valence-electron chi connectivity index (χ3n) is 5.56. The predicted octanol–water partition coefficient (Wildman–Crippen LogP) is 5.47. The summed E-state index contributed by atoms with van der Waals surface area (Å²) in [5, 5.41) is 13.2. The summed E-state index contributed by atoms with van der Waals surface area (Å²) < 4.78 is 0. The smallest absolute Gasteiger partial charge is 0.290 e. The number of hydrogen-bond acceptors (Lipinski definition) is 3. The van der Waals surface area contributed by atoms with Gasteiger partial charge in [-0.2, -0.15) is 0 Å². The first-order valence-electron chi connectivity index (χ1n) is 10.2. The van der Waals surface area contributed by atoms with Crippen molar-refractivity contribution < 1.29 is 14.7 Å². The standard InChI is InChI=1S/C23H30N2O.CH2O2/c1-16(2)17-7-13-22(14-8-17)25-23(26)20-6-4-5-19(15-20)18-9-11-21(24-3)12-10-18;2-1-3/h7-14,16,19-20,24H,4-6,15H2,1-3H3,(H,25,26);1H,(H,2,3). The summed E-state index contributed by atoms with van der Waals surface area (Å²) >= 11 is 0. The molecule has 1 amide bonds. The average Bonchev–Trinajstić information content (AvgIpc) is 2.75. The van der Waals surface area contributed by atoms with E-state index in [9.17, 15) is 4.79 Å². The molecule has 2 unspecified atom stereocenters. The molecule has 1 fully saturated rings. The lowest BCUT2D eigenvalue weighted by molar-refractivity contribution is -0.123. The van der Waals surface area contributed by atoms with Gasteiger partial charge in [0.25, 0.3) is 6.47 Å². The van der Waals surface area contributed by atoms with Crippen LogP contribution >= 0.6 is 0 Å². The number of carbonyl (C=O) groups excluding carboxylic acids is 1. The fraction of sp³-hybridized carbons (Fsp3) is 0.417. The number of rotatable bonds is 5. The highest BCUT2D eigenvalue weighted by molar-refractivity contribution is 5.92. The van der Waals surface area contributed by atoms with Crippen LogP contribution in [0.5, 0.6) is 0 Å². The molecule has 0 heterocycles. The first kappa shape index (κ1) is 22.5. The highest BCUT2D eigenvalue weighted by Gasteiger charge is 2.28. The summed E-state index contributed by atoms with van der Waals surface area (Å²) in [7, 11) is 1.93. The molecule has 3 rings (SSSR count). The summed E-state index contributed by atoms with van der Waals surface area (Å²) in [6, 6.07) is 16.9. The minimum absolute atomic E-state index is 0.0995. The van der Waals surface area contributed by atoms with Crippen LogP contribution in [-0.2, 0) is 9.59 Å². The monoisotopic (exact) mass is 396 g/mol. The first-order valence-corrected chi connectivity index (χ1v) is 10.2. The van der Waals surface area contributed by atoms with E-state index in [0.29, 0.717) is 11.8 Å². The van der Waals surface area contributed by atoms with Crippen LogP contribution in [-0.4, -0.2) is 24.5 Å². The van der Waals surface area contributed by atoms with E-state index in [1.165, 1.54) is 17.5 Å². The van der Waals surface area contributed by atoms with E-state index in [0.717, 1.165) is 30.6 Å². The number of carbonyl (C=O) groups is 2. The number of hydrogen-bond donors (Lipinski definition) is 3. The SMILES string of the molecule is CNc1ccc(C2CCCC(C(=O)Nc3ccc(C(C)C)cc3)C2)cc1.O=CO. The fourth-order valence-electron chi connectivity index (χ4n) is 3.85. The molecular weight excluding hydrogens is 364 g/mol. The van der Waals surface area contributed by atoms with Crippen molar-refractivity contribution >= 4 is 23.8 Å². The Hall–Kier alpha value is -2.82. The highest BCUT2D eigenvalue weighted by atomic mass is 16.3. The molecule has 29 heavy (non-hydrogen) atoms. The summed E-state index contributed by atoms with van der Waals surface area (Å²) in [5.41, 5.74) is 4.68. The van der Waals surface area contributed by atoms with Crippen molar-refractivity contribution in [3.05, 3.63) is 59.7 Å². The van der Waals surface area contributed by atoms with Gasteiger partial charge in [0.2, 0.25) is 5.91 Å². The van der Waals surface area contributed by atoms with Gasteiger partial charge in [0.1, 0.15) is 0 Å². The Labute approximate surface area is 173 Å². The van der Waals surface area contributed by atoms with Crippen molar-refractivity contribution in [3.8, 4) is 0 Å². The number of nitrogens with one attached hydrogen (secondary N) is 2. The van der Waals surface area contributed by atoms with Gasteiger partial charge in [-0.25, -0.2) is 0 Å². The lowest BCUT2D eigenvalue weighted by Gasteiger charge is -2.29. The highest BCUT2D eigenvalue weighted by Crippen LogP contribution is 2.37. The quantitative estimate of drug-likeness (QED) is 0.586. The van der Waals surface area contributed by atoms with Crippen LogP contribution in [0.1, 0.15) is 62.5 Å². The molecule has 2 aromatic carbocycles. The third kappa shape index (κ3) is 6.63. The van der Waals surface area contributed by atoms with Gasteiger partial charge in [-0.05, 0) is 66.5 Å². The second kappa shape index (κ2) is 11.2. The van der Waals surface area contributed by atoms with Gasteiger partial charge in [0, 0.05) is 24.3 Å². The molecule has 0 radical (unpaired) electrons. The fourth-order valence-corrected chi connectivity index (χ4v) is 3.85. The Bertz CT molecular complexity index is 770. The molecule has 0 aromatic heterocycles. The maximum absolute atomic E-state index is 12.7. The van der Waals surface area contributed by atoms with Gasteiger partial charge in [-0.1, -0.05) is 44.5 Å². The van der Waals surface area contributed by atoms with Crippen LogP contribution in [0, 0.1) is 5.92 Å². The van der Waals surface area contributed by atoms with Crippen LogP contribution in [0.2, 0.25) is 0 Å². The van der Waals surface area contributed by atoms with Crippen molar-refractivity contribution in [2.45, 2.75) is 51.4 Å². The molecule has 2 atom stereocenters. The molecule has 3 N–H and O–H groups in total. The first-order chi connectivity index (χ1) is 14.0. The molecule has 2 aromatic rings. The minimum atomic E-state index is -0.250. The van der Waals surface area contributed by atoms with E-state index in [4.69, 9.17) is 9.90 Å². The van der Waals surface area contributed by atoms with Gasteiger partial charge in [-0.3, -0.25) is 9.59 Å². The van der Waals surface area contributed by atoms with E-state index in [-0.39, 0.29) is 18.3 Å². The Kier molecular flexibility index (Phi) is 8.71. The van der Waals surface area contributed by atoms with Gasteiger partial charge < -0.3 is 15.7 Å². The summed E-state index contributed by atoms with van der Waals surface area (Å²) in [6.45, 7) is 4.11. The zero-order chi connectivity index (χ0) is 21.2. The van der Waals surface area contributed by atoms with Crippen molar-refractivity contribution in [1.29, 1.82) is 0 Å². The Morgan fingerprint density at radius 2 is 1.62 bits per heavy atom. The van der Waals surface area contributed by atoms with Crippen LogP contribution in [0.15, 0.2) is 48.5 Å². The van der Waals surface area contributed by atoms with E-state index in [1.54, 1.807) is 0 Å². The van der Waals surface area contributed by atoms with Crippen molar-refractivity contribution in [2.24, 2.45) is 5.92 Å². The molecule has 0 aliphatic heterocycles. The lowest BCUT2D eigenvalue weighted by atomic mass is 9.77. The molecule has 156 valence electrons. The molecule has 0 saturated heterocycles. The van der Waals surface area contributed by atoms with Crippen molar-refractivity contribution in [2.75, 3.05) is 17.7 Å². The maximum atomic E-state index is 12.7. The van der Waals surface area contributed by atoms with E-state index >= 15 is 0 Å². The third-order valence-corrected chi connectivity index (χ3v) is 5.56. The van der Waals surface area contributed by atoms with Crippen LogP contribution in [0.25, 0.3) is 0 Å². The number of benzene rings is 2. The second-order valence-electron chi connectivity index (χ2n) is 7.80. The van der Waals surface area contributed by atoms with Crippen molar-refractivity contribution in [1.82, 2.24) is 0 Å². The Balaban J connectivity index is 0.000000941. The van der Waals surface area contributed by atoms with Crippen LogP contribution < -0.4 is 10.6 Å². The Morgan fingerprint density at radius 1 is 1.03 bits per heavy atom. The zero-order valence-electron chi connectivity index (χ0n) is 17.5. The van der Waals surface area contributed by atoms with Crippen molar-refractivity contribution in [3.63, 3.8) is 0 Å². The molecule has 1 aliphatic carbocycles. The van der Waals surface area contributed by atoms with E-state index in [2.05, 4.69) is 60.9 Å². The maximum Gasteiger partial charge on any atom is 0.290 e. The van der Waals surface area contributed by atoms with Crippen LogP contribution in [0.3, 0.4) is 0 Å². The molecule has 0 spiro atoms. The summed E-state index contributed by atoms with van der Waals surface area (Å²) in [5.74, 6) is 1.25. The molecule has 0 bridgehead atoms. The molecular formula is C24H32N2O3. The second-order valence-corrected chi connectivity index (χ2v) is 7.80. The van der Waals surface area contributed by atoms with Gasteiger partial charge in [0.15, 0.2) is 0 Å². The average molecular weight is 397 g/mol. The van der Waals surface area contributed by atoms with Crippen LogP contribution in [0.4, 0.5) is 11.4 Å². The summed E-state index contributed by atoms with van der Waals surface area (Å²) in [6.07, 6.45) is 4.21. The largest absolute Gasteiger partial charge is 0.483 e. The lowest BCUT2D eigenvalue weighted by Crippen LogP contribution is -2.27. The number of carboxylic acid groups (broad SMARTS) is 1. The van der Waals surface area contributed by atoms with E-state index < -0.39 is 0 Å². The predicted molar refractivity (Wildman–Crippen MR) is 119 cm³/mol. The molecule has 5 heteroatoms. The van der Waals surface area contributed by atoms with Gasteiger partial charge in [0.05, 0.1) is 0 Å². The zero-order valence-corrected chi connectivity index (χ0v) is 17.5. The van der Waals surface area contributed by atoms with E-state index in [1.807, 2.05) is 19.2 Å². The summed E-state index contributed by atoms with van der Waals surface area (Å²) in [4.78, 5) is 21.1. The number of amides is 1. The molecule has 1 saturated carbocycles. The van der Waals surface area contributed by atoms with Gasteiger partial charge in [-0.15, -0.1) is 0 Å². The molecule has 5 nitrogen and oxygen atoms in total. The normalized spacial score (nSPS) is 18.3. The van der Waals surface area contributed by atoms with Gasteiger partial charge >= 0.3 is 0 Å². The topological polar surface area (TPSA) is 78.4 Å². The Morgan fingerprint density at radius 3 is 2.17 bits per heavy atom. The minimum Gasteiger partial charge on any atom is -0.483 e.